The summed E-state index contributed by atoms with van der Waals surface area (Å²) >= 11 is 0. The first-order valence-electron chi connectivity index (χ1n) is 13.3. The molecule has 0 atom stereocenters. The van der Waals surface area contributed by atoms with Crippen LogP contribution < -0.4 is 25.1 Å². The highest BCUT2D eigenvalue weighted by Crippen LogP contribution is 2.34. The van der Waals surface area contributed by atoms with Gasteiger partial charge < -0.3 is 24.6 Å². The Morgan fingerprint density at radius 1 is 1.07 bits per heavy atom. The Morgan fingerprint density at radius 2 is 1.70 bits per heavy atom. The van der Waals surface area contributed by atoms with Crippen LogP contribution in [-0.2, 0) is 13.5 Å². The lowest BCUT2D eigenvalue weighted by molar-refractivity contribution is -0.0498. The van der Waals surface area contributed by atoms with Gasteiger partial charge in [-0.05, 0) is 56.2 Å². The molecule has 0 spiro atoms. The fraction of sp³-hybridized carbons (Fsp3) is 0.300. The molecule has 0 aliphatic carbocycles. The zero-order valence-electron chi connectivity index (χ0n) is 24.5. The Bertz CT molecular complexity index is 1710. The Labute approximate surface area is 249 Å². The SMILES string of the molecule is CCc1ccc(OCC(C)(C)O)nc1-n1c(=O)c(NC(=O)c2ccc(OC(F)F)cc2)c(-c2c(F)cc(OC)cc2F)n1C. The van der Waals surface area contributed by atoms with Crippen LogP contribution >= 0.6 is 0 Å². The largest absolute Gasteiger partial charge is 0.497 e. The first kappa shape index (κ1) is 32.1. The minimum Gasteiger partial charge on any atom is -0.497 e. The number of nitrogens with zero attached hydrogens (tertiary/aromatic N) is 3. The maximum atomic E-state index is 15.4. The van der Waals surface area contributed by atoms with Crippen molar-refractivity contribution in [3.8, 4) is 34.5 Å². The van der Waals surface area contributed by atoms with E-state index in [1.165, 1.54) is 40.1 Å². The smallest absolute Gasteiger partial charge is 0.387 e. The van der Waals surface area contributed by atoms with Gasteiger partial charge in [0.25, 0.3) is 11.5 Å². The third kappa shape index (κ3) is 6.86. The maximum Gasteiger partial charge on any atom is 0.387 e. The zero-order chi connectivity index (χ0) is 32.3. The fourth-order valence-corrected chi connectivity index (χ4v) is 4.36. The number of carbonyl (C=O) groups excluding carboxylic acids is 1. The minimum atomic E-state index is -3.07. The number of halogens is 4. The van der Waals surface area contributed by atoms with E-state index in [4.69, 9.17) is 9.47 Å². The highest BCUT2D eigenvalue weighted by Gasteiger charge is 2.29. The van der Waals surface area contributed by atoms with Gasteiger partial charge in [-0.15, -0.1) is 0 Å². The molecule has 0 radical (unpaired) electrons. The van der Waals surface area contributed by atoms with Gasteiger partial charge in [0, 0.05) is 30.8 Å². The van der Waals surface area contributed by atoms with Crippen LogP contribution in [0.2, 0.25) is 0 Å². The van der Waals surface area contributed by atoms with Gasteiger partial charge in [0.2, 0.25) is 5.88 Å². The Balaban J connectivity index is 1.91. The van der Waals surface area contributed by atoms with E-state index in [-0.39, 0.29) is 41.1 Å². The number of anilines is 1. The predicted molar refractivity (Wildman–Crippen MR) is 153 cm³/mol. The summed E-state index contributed by atoms with van der Waals surface area (Å²) in [5.41, 5.74) is -3.02. The third-order valence-corrected chi connectivity index (χ3v) is 6.42. The van der Waals surface area contributed by atoms with Gasteiger partial charge in [0.05, 0.1) is 18.3 Å². The molecule has 2 N–H and O–H groups in total. The first-order valence-corrected chi connectivity index (χ1v) is 13.3. The number of pyridine rings is 1. The van der Waals surface area contributed by atoms with Crippen molar-refractivity contribution < 1.29 is 41.7 Å². The summed E-state index contributed by atoms with van der Waals surface area (Å²) in [4.78, 5) is 31.7. The standard InChI is InChI=1S/C30H30F4N4O6/c1-6-16-9-12-22(43-15-30(2,3)41)35-26(16)38-28(40)24(36-27(39)17-7-10-18(11-8-17)44-29(33)34)25(37(38)4)23-20(31)13-19(42-5)14-21(23)32/h7-14,29,41H,6,15H2,1-5H3,(H,36,39). The lowest BCUT2D eigenvalue weighted by Gasteiger charge is -2.18. The molecule has 14 heteroatoms. The van der Waals surface area contributed by atoms with Crippen molar-refractivity contribution in [1.29, 1.82) is 0 Å². The molecule has 2 aromatic heterocycles. The van der Waals surface area contributed by atoms with E-state index in [9.17, 15) is 23.5 Å². The number of rotatable bonds is 11. The summed E-state index contributed by atoms with van der Waals surface area (Å²) < 4.78 is 73.0. The third-order valence-electron chi connectivity index (χ3n) is 6.42. The van der Waals surface area contributed by atoms with Gasteiger partial charge in [-0.1, -0.05) is 6.92 Å². The Morgan fingerprint density at radius 3 is 2.25 bits per heavy atom. The van der Waals surface area contributed by atoms with Crippen LogP contribution in [-0.4, -0.2) is 51.3 Å². The summed E-state index contributed by atoms with van der Waals surface area (Å²) in [7, 11) is 2.59. The number of aryl methyl sites for hydroxylation is 1. The molecule has 0 fully saturated rings. The van der Waals surface area contributed by atoms with Gasteiger partial charge in [0.1, 0.15) is 41.1 Å². The van der Waals surface area contributed by atoms with Crippen LogP contribution in [0.1, 0.15) is 36.7 Å². The molecular formula is C30H30F4N4O6. The minimum absolute atomic E-state index is 0.0535. The molecule has 0 aliphatic heterocycles. The number of alkyl halides is 2. The van der Waals surface area contributed by atoms with Gasteiger partial charge in [-0.2, -0.15) is 18.4 Å². The fourth-order valence-electron chi connectivity index (χ4n) is 4.36. The molecule has 44 heavy (non-hydrogen) atoms. The quantitative estimate of drug-likeness (QED) is 0.225. The molecular weight excluding hydrogens is 588 g/mol. The molecule has 2 aromatic carbocycles. The van der Waals surface area contributed by atoms with Crippen molar-refractivity contribution in [3.05, 3.63) is 81.6 Å². The molecule has 234 valence electrons. The lowest BCUT2D eigenvalue weighted by atomic mass is 10.1. The van der Waals surface area contributed by atoms with Crippen molar-refractivity contribution in [2.75, 3.05) is 19.0 Å². The summed E-state index contributed by atoms with van der Waals surface area (Å²) in [6.45, 7) is 1.68. The molecule has 0 aliphatic rings. The number of carbonyl (C=O) groups is 1. The summed E-state index contributed by atoms with van der Waals surface area (Å²) in [5, 5.41) is 12.5. The second kappa shape index (κ2) is 12.8. The van der Waals surface area contributed by atoms with Crippen LogP contribution in [0.15, 0.2) is 53.3 Å². The van der Waals surface area contributed by atoms with E-state index in [1.54, 1.807) is 19.1 Å². The number of aromatic nitrogens is 3. The lowest BCUT2D eigenvalue weighted by Crippen LogP contribution is -2.28. The monoisotopic (exact) mass is 618 g/mol. The van der Waals surface area contributed by atoms with Crippen molar-refractivity contribution in [2.45, 2.75) is 39.4 Å². The van der Waals surface area contributed by atoms with E-state index in [0.717, 1.165) is 33.6 Å². The molecule has 4 rings (SSSR count). The Kier molecular flexibility index (Phi) is 9.33. The van der Waals surface area contributed by atoms with Gasteiger partial charge in [-0.3, -0.25) is 14.3 Å². The van der Waals surface area contributed by atoms with Crippen molar-refractivity contribution in [1.82, 2.24) is 14.3 Å². The number of benzene rings is 2. The van der Waals surface area contributed by atoms with Crippen LogP contribution in [0, 0.1) is 11.6 Å². The van der Waals surface area contributed by atoms with Crippen LogP contribution in [0.5, 0.6) is 17.4 Å². The number of nitrogens with one attached hydrogen (secondary N) is 1. The number of hydrogen-bond donors (Lipinski definition) is 2. The van der Waals surface area contributed by atoms with E-state index in [2.05, 4.69) is 15.0 Å². The first-order chi connectivity index (χ1) is 20.7. The van der Waals surface area contributed by atoms with Crippen LogP contribution in [0.4, 0.5) is 23.2 Å². The van der Waals surface area contributed by atoms with Crippen molar-refractivity contribution >= 4 is 11.6 Å². The van der Waals surface area contributed by atoms with E-state index in [1.807, 2.05) is 0 Å². The van der Waals surface area contributed by atoms with Gasteiger partial charge in [0.15, 0.2) is 5.82 Å². The average molecular weight is 619 g/mol. The number of ether oxygens (including phenoxy) is 3. The molecule has 0 bridgehead atoms. The summed E-state index contributed by atoms with van der Waals surface area (Å²) in [6, 6.07) is 9.68. The van der Waals surface area contributed by atoms with Crippen molar-refractivity contribution in [2.24, 2.45) is 7.05 Å². The topological polar surface area (TPSA) is 117 Å². The van der Waals surface area contributed by atoms with Gasteiger partial charge in [-0.25, -0.2) is 8.78 Å². The molecule has 0 saturated carbocycles. The number of amides is 1. The summed E-state index contributed by atoms with van der Waals surface area (Å²) in [6.07, 6.45) is 0.390. The Hall–Kier alpha value is -4.85. The molecule has 10 nitrogen and oxygen atoms in total. The second-order valence-electron chi connectivity index (χ2n) is 10.3. The number of aliphatic hydroxyl groups is 1. The highest BCUT2D eigenvalue weighted by atomic mass is 19.3. The van der Waals surface area contributed by atoms with Crippen molar-refractivity contribution in [3.63, 3.8) is 0 Å². The van der Waals surface area contributed by atoms with Crippen LogP contribution in [0.25, 0.3) is 17.1 Å². The summed E-state index contributed by atoms with van der Waals surface area (Å²) in [5.74, 6) is -3.23. The maximum absolute atomic E-state index is 15.4. The second-order valence-corrected chi connectivity index (χ2v) is 10.3. The molecule has 4 aromatic rings. The van der Waals surface area contributed by atoms with E-state index in [0.29, 0.717) is 12.0 Å². The number of methoxy groups -OCH3 is 1. The number of hydrogen-bond acceptors (Lipinski definition) is 7. The zero-order valence-corrected chi connectivity index (χ0v) is 24.5. The highest BCUT2D eigenvalue weighted by molar-refractivity contribution is 6.06. The average Bonchev–Trinajstić information content (AvgIpc) is 3.19. The molecule has 0 saturated heterocycles. The molecule has 0 unspecified atom stereocenters. The molecule has 1 amide bonds. The van der Waals surface area contributed by atoms with E-state index < -0.39 is 46.6 Å². The van der Waals surface area contributed by atoms with Gasteiger partial charge >= 0.3 is 6.61 Å². The van der Waals surface area contributed by atoms with Crippen LogP contribution in [0.3, 0.4) is 0 Å². The molecule has 2 heterocycles. The van der Waals surface area contributed by atoms with E-state index >= 15 is 8.78 Å². The predicted octanol–water partition coefficient (Wildman–Crippen LogP) is 5.09. The normalized spacial score (nSPS) is 11.5.